The molecule has 0 aliphatic carbocycles. The third-order valence-electron chi connectivity index (χ3n) is 3.70. The zero-order valence-electron chi connectivity index (χ0n) is 10.7. The van der Waals surface area contributed by atoms with Crippen LogP contribution in [0.25, 0.3) is 0 Å². The Morgan fingerprint density at radius 1 is 1.29 bits per heavy atom. The normalized spacial score (nSPS) is 20.4. The molecule has 94 valence electrons. The molecule has 1 saturated heterocycles. The number of rotatable bonds is 3. The molecule has 0 radical (unpaired) electrons. The molecule has 3 heteroatoms. The van der Waals surface area contributed by atoms with Gasteiger partial charge in [0.2, 0.25) is 0 Å². The fourth-order valence-corrected chi connectivity index (χ4v) is 3.48. The smallest absolute Gasteiger partial charge is 0.0501 e. The van der Waals surface area contributed by atoms with Crippen molar-refractivity contribution in [2.45, 2.75) is 30.6 Å². The van der Waals surface area contributed by atoms with E-state index in [1.165, 1.54) is 31.5 Å². The van der Waals surface area contributed by atoms with Crippen LogP contribution in [0.1, 0.15) is 31.2 Å². The van der Waals surface area contributed by atoms with Gasteiger partial charge in [-0.1, -0.05) is 25.1 Å². The van der Waals surface area contributed by atoms with Crippen molar-refractivity contribution in [1.29, 1.82) is 0 Å². The van der Waals surface area contributed by atoms with Gasteiger partial charge in [-0.3, -0.25) is 4.21 Å². The van der Waals surface area contributed by atoms with E-state index in [4.69, 9.17) is 0 Å². The second kappa shape index (κ2) is 5.78. The van der Waals surface area contributed by atoms with Gasteiger partial charge in [-0.2, -0.15) is 0 Å². The molecule has 0 amide bonds. The summed E-state index contributed by atoms with van der Waals surface area (Å²) in [5.41, 5.74) is 1.31. The molecule has 17 heavy (non-hydrogen) atoms. The van der Waals surface area contributed by atoms with Gasteiger partial charge in [-0.15, -0.1) is 0 Å². The van der Waals surface area contributed by atoms with Crippen molar-refractivity contribution in [2.24, 2.45) is 0 Å². The van der Waals surface area contributed by atoms with Crippen LogP contribution in [0, 0.1) is 0 Å². The number of hydrogen-bond donors (Lipinski definition) is 0. The van der Waals surface area contributed by atoms with Gasteiger partial charge in [0.25, 0.3) is 0 Å². The first-order chi connectivity index (χ1) is 8.22. The standard InChI is InChI=1S/C14H21NOS/c1-3-15-10-8-12(9-11-15)13-6-4-5-7-14(13)17(2)16/h4-7,12H,3,8-11H2,1-2H3/t17-/m0/s1. The summed E-state index contributed by atoms with van der Waals surface area (Å²) in [6, 6.07) is 8.22. The van der Waals surface area contributed by atoms with Crippen molar-refractivity contribution < 1.29 is 4.21 Å². The van der Waals surface area contributed by atoms with Gasteiger partial charge in [-0.25, -0.2) is 0 Å². The number of nitrogens with zero attached hydrogens (tertiary/aromatic N) is 1. The second-order valence-electron chi connectivity index (χ2n) is 4.70. The highest BCUT2D eigenvalue weighted by atomic mass is 32.2. The molecule has 1 aliphatic rings. The highest BCUT2D eigenvalue weighted by Gasteiger charge is 2.22. The predicted octanol–water partition coefficient (Wildman–Crippen LogP) is 2.62. The van der Waals surface area contributed by atoms with Crippen LogP contribution in [0.15, 0.2) is 29.2 Å². The lowest BCUT2D eigenvalue weighted by atomic mass is 9.89. The highest BCUT2D eigenvalue weighted by molar-refractivity contribution is 7.84. The van der Waals surface area contributed by atoms with Crippen LogP contribution in [0.3, 0.4) is 0 Å². The molecule has 1 aromatic rings. The van der Waals surface area contributed by atoms with Crippen molar-refractivity contribution in [3.8, 4) is 0 Å². The molecular formula is C14H21NOS. The van der Waals surface area contributed by atoms with E-state index in [-0.39, 0.29) is 0 Å². The fourth-order valence-electron chi connectivity index (χ4n) is 2.64. The molecule has 1 heterocycles. The third-order valence-corrected chi connectivity index (χ3v) is 4.69. The van der Waals surface area contributed by atoms with Gasteiger partial charge >= 0.3 is 0 Å². The zero-order chi connectivity index (χ0) is 12.3. The van der Waals surface area contributed by atoms with Crippen LogP contribution in [0.4, 0.5) is 0 Å². The van der Waals surface area contributed by atoms with E-state index in [1.54, 1.807) is 6.26 Å². The lowest BCUT2D eigenvalue weighted by Gasteiger charge is -2.31. The molecule has 1 aliphatic heterocycles. The Labute approximate surface area is 106 Å². The monoisotopic (exact) mass is 251 g/mol. The Morgan fingerprint density at radius 3 is 2.53 bits per heavy atom. The van der Waals surface area contributed by atoms with Crippen LogP contribution in [-0.2, 0) is 10.8 Å². The van der Waals surface area contributed by atoms with Gasteiger partial charge in [0.1, 0.15) is 0 Å². The molecule has 0 unspecified atom stereocenters. The Hall–Kier alpha value is -0.670. The highest BCUT2D eigenvalue weighted by Crippen LogP contribution is 2.31. The number of likely N-dealkylation sites (tertiary alicyclic amines) is 1. The van der Waals surface area contributed by atoms with Crippen molar-refractivity contribution >= 4 is 10.8 Å². The van der Waals surface area contributed by atoms with Crippen LogP contribution in [0.5, 0.6) is 0 Å². The van der Waals surface area contributed by atoms with Gasteiger partial charge < -0.3 is 4.90 Å². The number of hydrogen-bond acceptors (Lipinski definition) is 2. The van der Waals surface area contributed by atoms with E-state index >= 15 is 0 Å². The molecule has 2 nitrogen and oxygen atoms in total. The summed E-state index contributed by atoms with van der Waals surface area (Å²) in [6.45, 7) is 5.71. The summed E-state index contributed by atoms with van der Waals surface area (Å²) in [4.78, 5) is 3.52. The second-order valence-corrected chi connectivity index (χ2v) is 6.05. The Kier molecular flexibility index (Phi) is 4.35. The van der Waals surface area contributed by atoms with E-state index in [9.17, 15) is 4.21 Å². The molecule has 1 aromatic carbocycles. The molecule has 0 N–H and O–H groups in total. The van der Waals surface area contributed by atoms with Gasteiger partial charge in [-0.05, 0) is 50.0 Å². The predicted molar refractivity (Wildman–Crippen MR) is 72.9 cm³/mol. The molecule has 2 rings (SSSR count). The minimum absolute atomic E-state index is 0.595. The Bertz CT molecular complexity index is 397. The summed E-state index contributed by atoms with van der Waals surface area (Å²) < 4.78 is 11.7. The molecule has 0 spiro atoms. The number of benzene rings is 1. The van der Waals surface area contributed by atoms with Crippen LogP contribution in [-0.4, -0.2) is 35.0 Å². The Balaban J connectivity index is 2.15. The van der Waals surface area contributed by atoms with Crippen molar-refractivity contribution in [2.75, 3.05) is 25.9 Å². The average Bonchev–Trinajstić information content (AvgIpc) is 2.39. The molecule has 0 aromatic heterocycles. The van der Waals surface area contributed by atoms with Crippen molar-refractivity contribution in [1.82, 2.24) is 4.90 Å². The molecule has 0 bridgehead atoms. The van der Waals surface area contributed by atoms with Crippen molar-refractivity contribution in [3.63, 3.8) is 0 Å². The van der Waals surface area contributed by atoms with E-state index in [0.29, 0.717) is 5.92 Å². The zero-order valence-corrected chi connectivity index (χ0v) is 11.5. The van der Waals surface area contributed by atoms with E-state index in [0.717, 1.165) is 11.4 Å². The van der Waals surface area contributed by atoms with Crippen LogP contribution in [0.2, 0.25) is 0 Å². The summed E-state index contributed by atoms with van der Waals surface area (Å²) >= 11 is 0. The topological polar surface area (TPSA) is 20.3 Å². The average molecular weight is 251 g/mol. The molecule has 1 atom stereocenters. The number of piperidine rings is 1. The third kappa shape index (κ3) is 2.96. The fraction of sp³-hybridized carbons (Fsp3) is 0.571. The largest absolute Gasteiger partial charge is 0.304 e. The summed E-state index contributed by atoms with van der Waals surface area (Å²) in [6.07, 6.45) is 4.17. The molecule has 1 fully saturated rings. The summed E-state index contributed by atoms with van der Waals surface area (Å²) in [7, 11) is -0.866. The van der Waals surface area contributed by atoms with Crippen molar-refractivity contribution in [3.05, 3.63) is 29.8 Å². The molecule has 0 saturated carbocycles. The first-order valence-corrected chi connectivity index (χ1v) is 7.93. The summed E-state index contributed by atoms with van der Waals surface area (Å²) in [5.74, 6) is 0.595. The quantitative estimate of drug-likeness (QED) is 0.823. The maximum absolute atomic E-state index is 11.7. The minimum atomic E-state index is -0.866. The minimum Gasteiger partial charge on any atom is -0.304 e. The maximum atomic E-state index is 11.7. The van der Waals surface area contributed by atoms with Gasteiger partial charge in [0, 0.05) is 11.2 Å². The van der Waals surface area contributed by atoms with Gasteiger partial charge in [0.05, 0.1) is 10.8 Å². The first kappa shape index (κ1) is 12.8. The van der Waals surface area contributed by atoms with E-state index in [1.807, 2.05) is 12.1 Å². The SMILES string of the molecule is CCN1CCC(c2ccccc2[S@](C)=O)CC1. The lowest BCUT2D eigenvalue weighted by molar-refractivity contribution is 0.221. The Morgan fingerprint density at radius 2 is 1.94 bits per heavy atom. The maximum Gasteiger partial charge on any atom is 0.0501 e. The van der Waals surface area contributed by atoms with Crippen LogP contribution < -0.4 is 0 Å². The summed E-state index contributed by atoms with van der Waals surface area (Å²) in [5, 5.41) is 0. The van der Waals surface area contributed by atoms with E-state index in [2.05, 4.69) is 24.0 Å². The van der Waals surface area contributed by atoms with Gasteiger partial charge in [0.15, 0.2) is 0 Å². The molecular weight excluding hydrogens is 230 g/mol. The van der Waals surface area contributed by atoms with Crippen LogP contribution >= 0.6 is 0 Å². The lowest BCUT2D eigenvalue weighted by Crippen LogP contribution is -2.32. The first-order valence-electron chi connectivity index (χ1n) is 6.37. The van der Waals surface area contributed by atoms with E-state index < -0.39 is 10.8 Å².